The Morgan fingerprint density at radius 2 is 1.67 bits per heavy atom. The number of benzene rings is 2. The quantitative estimate of drug-likeness (QED) is 0.859. The molecule has 2 aromatic carbocycles. The van der Waals surface area contributed by atoms with Gasteiger partial charge in [0.1, 0.15) is 11.5 Å². The number of hydrogen-bond acceptors (Lipinski definition) is 3. The van der Waals surface area contributed by atoms with Gasteiger partial charge in [-0.1, -0.05) is 19.1 Å². The number of carbonyl (C=O) groups is 1. The van der Waals surface area contributed by atoms with Crippen LogP contribution in [0.2, 0.25) is 0 Å². The normalized spacial score (nSPS) is 12.7. The van der Waals surface area contributed by atoms with E-state index in [0.717, 1.165) is 16.5 Å². The van der Waals surface area contributed by atoms with Crippen LogP contribution in [0.1, 0.15) is 41.0 Å². The second kappa shape index (κ2) is 7.56. The summed E-state index contributed by atoms with van der Waals surface area (Å²) in [7, 11) is 0. The molecule has 0 fully saturated rings. The summed E-state index contributed by atoms with van der Waals surface area (Å²) in [6, 6.07) is 11.8. The Morgan fingerprint density at radius 1 is 1.04 bits per heavy atom. The molecule has 1 N–H and O–H groups in total. The van der Waals surface area contributed by atoms with E-state index in [1.54, 1.807) is 0 Å². The van der Waals surface area contributed by atoms with Crippen LogP contribution in [-0.4, -0.2) is 24.2 Å². The van der Waals surface area contributed by atoms with E-state index in [1.165, 1.54) is 0 Å². The van der Waals surface area contributed by atoms with Crippen molar-refractivity contribution >= 4 is 16.7 Å². The van der Waals surface area contributed by atoms with Crippen molar-refractivity contribution in [3.8, 4) is 11.5 Å². The Labute approximate surface area is 144 Å². The minimum absolute atomic E-state index is 0.0897. The van der Waals surface area contributed by atoms with E-state index >= 15 is 0 Å². The third kappa shape index (κ3) is 4.88. The molecule has 24 heavy (non-hydrogen) atoms. The fraction of sp³-hybridized carbons (Fsp3) is 0.450. The molecule has 0 aliphatic carbocycles. The van der Waals surface area contributed by atoms with Crippen LogP contribution in [0.15, 0.2) is 36.4 Å². The van der Waals surface area contributed by atoms with Gasteiger partial charge in [0, 0.05) is 5.54 Å². The number of carbonyl (C=O) groups excluding carboxylic acids is 1. The van der Waals surface area contributed by atoms with Gasteiger partial charge in [0.05, 0.1) is 6.61 Å². The van der Waals surface area contributed by atoms with Crippen LogP contribution >= 0.6 is 0 Å². The molecule has 0 aliphatic rings. The van der Waals surface area contributed by atoms with Crippen LogP contribution in [0.5, 0.6) is 11.5 Å². The highest BCUT2D eigenvalue weighted by Gasteiger charge is 2.23. The molecular formula is C20H27NO3. The molecule has 0 aromatic heterocycles. The first-order chi connectivity index (χ1) is 11.3. The van der Waals surface area contributed by atoms with Crippen molar-refractivity contribution in [2.45, 2.75) is 52.7 Å². The second-order valence-electron chi connectivity index (χ2n) is 6.86. The van der Waals surface area contributed by atoms with Gasteiger partial charge in [-0.25, -0.2) is 0 Å². The molecule has 1 amide bonds. The van der Waals surface area contributed by atoms with Crippen LogP contribution < -0.4 is 14.8 Å². The first-order valence-corrected chi connectivity index (χ1v) is 8.47. The van der Waals surface area contributed by atoms with Crippen molar-refractivity contribution in [1.29, 1.82) is 0 Å². The van der Waals surface area contributed by atoms with E-state index < -0.39 is 6.10 Å². The molecule has 0 aliphatic heterocycles. The van der Waals surface area contributed by atoms with Crippen LogP contribution in [0, 0.1) is 0 Å². The SMILES string of the molecule is CCOc1ccc2ccc(OC(CC)C(=O)NC(C)(C)C)cc2c1. The maximum Gasteiger partial charge on any atom is 0.261 e. The zero-order valence-corrected chi connectivity index (χ0v) is 15.2. The van der Waals surface area contributed by atoms with Gasteiger partial charge in [0.25, 0.3) is 5.91 Å². The molecular weight excluding hydrogens is 302 g/mol. The summed E-state index contributed by atoms with van der Waals surface area (Å²) in [5.41, 5.74) is -0.274. The number of nitrogens with one attached hydrogen (secondary N) is 1. The van der Waals surface area contributed by atoms with Crippen molar-refractivity contribution in [3.63, 3.8) is 0 Å². The zero-order valence-electron chi connectivity index (χ0n) is 15.2. The van der Waals surface area contributed by atoms with Gasteiger partial charge in [-0.3, -0.25) is 4.79 Å². The van der Waals surface area contributed by atoms with Crippen molar-refractivity contribution in [3.05, 3.63) is 36.4 Å². The summed E-state index contributed by atoms with van der Waals surface area (Å²) in [4.78, 5) is 12.3. The third-order valence-electron chi connectivity index (χ3n) is 3.53. The molecule has 130 valence electrons. The highest BCUT2D eigenvalue weighted by Crippen LogP contribution is 2.26. The lowest BCUT2D eigenvalue weighted by Crippen LogP contribution is -2.47. The van der Waals surface area contributed by atoms with E-state index in [-0.39, 0.29) is 11.4 Å². The number of fused-ring (bicyclic) bond motifs is 1. The molecule has 0 radical (unpaired) electrons. The molecule has 0 saturated carbocycles. The highest BCUT2D eigenvalue weighted by atomic mass is 16.5. The highest BCUT2D eigenvalue weighted by molar-refractivity contribution is 5.86. The Balaban J connectivity index is 2.19. The van der Waals surface area contributed by atoms with Gasteiger partial charge in [0.2, 0.25) is 0 Å². The Hall–Kier alpha value is -2.23. The first-order valence-electron chi connectivity index (χ1n) is 8.47. The average Bonchev–Trinajstić information content (AvgIpc) is 2.50. The van der Waals surface area contributed by atoms with E-state index in [9.17, 15) is 4.79 Å². The molecule has 1 unspecified atom stereocenters. The topological polar surface area (TPSA) is 47.6 Å². The van der Waals surface area contributed by atoms with E-state index in [4.69, 9.17) is 9.47 Å². The third-order valence-corrected chi connectivity index (χ3v) is 3.53. The number of rotatable bonds is 6. The summed E-state index contributed by atoms with van der Waals surface area (Å²) < 4.78 is 11.5. The van der Waals surface area contributed by atoms with E-state index in [0.29, 0.717) is 18.8 Å². The van der Waals surface area contributed by atoms with Gasteiger partial charge >= 0.3 is 0 Å². The van der Waals surface area contributed by atoms with Gasteiger partial charge in [-0.15, -0.1) is 0 Å². The van der Waals surface area contributed by atoms with Crippen molar-refractivity contribution < 1.29 is 14.3 Å². The maximum absolute atomic E-state index is 12.3. The number of ether oxygens (including phenoxy) is 2. The number of amides is 1. The Morgan fingerprint density at radius 3 is 2.25 bits per heavy atom. The van der Waals surface area contributed by atoms with E-state index in [1.807, 2.05) is 71.0 Å². The molecule has 1 atom stereocenters. The molecule has 4 heteroatoms. The first kappa shape index (κ1) is 18.1. The summed E-state index contributed by atoms with van der Waals surface area (Å²) >= 11 is 0. The largest absolute Gasteiger partial charge is 0.494 e. The molecule has 0 heterocycles. The van der Waals surface area contributed by atoms with Crippen molar-refractivity contribution in [2.24, 2.45) is 0 Å². The molecule has 2 rings (SSSR count). The fourth-order valence-corrected chi connectivity index (χ4v) is 2.47. The fourth-order valence-electron chi connectivity index (χ4n) is 2.47. The summed E-state index contributed by atoms with van der Waals surface area (Å²) in [6.07, 6.45) is 0.107. The summed E-state index contributed by atoms with van der Waals surface area (Å²) in [6.45, 7) is 10.4. The average molecular weight is 329 g/mol. The molecule has 4 nitrogen and oxygen atoms in total. The minimum Gasteiger partial charge on any atom is -0.494 e. The smallest absolute Gasteiger partial charge is 0.261 e. The Kier molecular flexibility index (Phi) is 5.71. The maximum atomic E-state index is 12.3. The zero-order chi connectivity index (χ0) is 17.7. The molecule has 0 spiro atoms. The number of hydrogen-bond donors (Lipinski definition) is 1. The van der Waals surface area contributed by atoms with E-state index in [2.05, 4.69) is 5.32 Å². The van der Waals surface area contributed by atoms with Gasteiger partial charge < -0.3 is 14.8 Å². The van der Waals surface area contributed by atoms with Crippen molar-refractivity contribution in [2.75, 3.05) is 6.61 Å². The van der Waals surface area contributed by atoms with Crippen LogP contribution in [-0.2, 0) is 4.79 Å². The minimum atomic E-state index is -0.503. The summed E-state index contributed by atoms with van der Waals surface area (Å²) in [5.74, 6) is 1.43. The predicted octanol–water partition coefficient (Wildman–Crippen LogP) is 4.31. The van der Waals surface area contributed by atoms with Gasteiger partial charge in [0.15, 0.2) is 6.10 Å². The Bertz CT molecular complexity index is 704. The standard InChI is InChI=1S/C20H27NO3/c1-6-18(19(22)21-20(3,4)5)24-17-11-9-14-8-10-16(23-7-2)12-15(14)13-17/h8-13,18H,6-7H2,1-5H3,(H,21,22). The van der Waals surface area contributed by atoms with Crippen molar-refractivity contribution in [1.82, 2.24) is 5.32 Å². The monoisotopic (exact) mass is 329 g/mol. The predicted molar refractivity (Wildman–Crippen MR) is 97.7 cm³/mol. The second-order valence-corrected chi connectivity index (χ2v) is 6.86. The van der Waals surface area contributed by atoms with Crippen LogP contribution in [0.4, 0.5) is 0 Å². The molecule has 0 saturated heterocycles. The molecule has 2 aromatic rings. The molecule has 0 bridgehead atoms. The van der Waals surface area contributed by atoms with Crippen LogP contribution in [0.3, 0.4) is 0 Å². The van der Waals surface area contributed by atoms with Gasteiger partial charge in [-0.05, 0) is 69.2 Å². The lowest BCUT2D eigenvalue weighted by Gasteiger charge is -2.25. The lowest BCUT2D eigenvalue weighted by molar-refractivity contribution is -0.129. The van der Waals surface area contributed by atoms with Crippen LogP contribution in [0.25, 0.3) is 10.8 Å². The van der Waals surface area contributed by atoms with Gasteiger partial charge in [-0.2, -0.15) is 0 Å². The summed E-state index contributed by atoms with van der Waals surface area (Å²) in [5, 5.41) is 5.11. The lowest BCUT2D eigenvalue weighted by atomic mass is 10.1.